The van der Waals surface area contributed by atoms with Crippen molar-refractivity contribution < 1.29 is 14.7 Å². The molecule has 27 heavy (non-hydrogen) atoms. The van der Waals surface area contributed by atoms with Gasteiger partial charge < -0.3 is 14.7 Å². The number of carboxylic acid groups (broad SMARTS) is 1. The Morgan fingerprint density at radius 1 is 1.19 bits per heavy atom. The van der Waals surface area contributed by atoms with Crippen molar-refractivity contribution in [1.29, 1.82) is 0 Å². The van der Waals surface area contributed by atoms with E-state index in [1.54, 1.807) is 41.0 Å². The summed E-state index contributed by atoms with van der Waals surface area (Å²) in [4.78, 5) is 24.0. The van der Waals surface area contributed by atoms with Crippen molar-refractivity contribution in [3.63, 3.8) is 0 Å². The molecule has 0 saturated carbocycles. The van der Waals surface area contributed by atoms with Crippen LogP contribution in [0, 0.1) is 0 Å². The van der Waals surface area contributed by atoms with Crippen molar-refractivity contribution in [1.82, 2.24) is 5.32 Å². The van der Waals surface area contributed by atoms with Gasteiger partial charge in [-0.15, -0.1) is 11.3 Å². The Bertz CT molecular complexity index is 1000. The molecule has 0 spiro atoms. The van der Waals surface area contributed by atoms with Crippen LogP contribution in [0.1, 0.15) is 10.4 Å². The van der Waals surface area contributed by atoms with Crippen LogP contribution in [-0.4, -0.2) is 30.6 Å². The molecule has 1 amide bonds. The fourth-order valence-corrected chi connectivity index (χ4v) is 5.13. The van der Waals surface area contributed by atoms with Crippen LogP contribution in [-0.2, 0) is 4.79 Å². The van der Waals surface area contributed by atoms with Gasteiger partial charge in [0.25, 0.3) is 5.91 Å². The SMILES string of the molecule is CNC(=O)c1csc2cc(N(CC(=O)O)Sc3cc(Cl)cc(Cl)c3)ccc12. The van der Waals surface area contributed by atoms with E-state index in [-0.39, 0.29) is 12.5 Å². The van der Waals surface area contributed by atoms with Gasteiger partial charge in [-0.1, -0.05) is 29.3 Å². The van der Waals surface area contributed by atoms with Gasteiger partial charge in [-0.05, 0) is 42.3 Å². The third-order valence-corrected chi connectivity index (χ3v) is 6.04. The molecule has 0 aliphatic carbocycles. The Balaban J connectivity index is 1.97. The van der Waals surface area contributed by atoms with Gasteiger partial charge in [0.1, 0.15) is 6.54 Å². The lowest BCUT2D eigenvalue weighted by molar-refractivity contribution is -0.135. The predicted octanol–water partition coefficient (Wildman–Crippen LogP) is 5.17. The number of nitrogens with zero attached hydrogens (tertiary/aromatic N) is 1. The Kier molecular flexibility index (Phi) is 6.16. The summed E-state index contributed by atoms with van der Waals surface area (Å²) in [5.74, 6) is -1.12. The van der Waals surface area contributed by atoms with Crippen LogP contribution in [0.15, 0.2) is 46.7 Å². The highest BCUT2D eigenvalue weighted by Crippen LogP contribution is 2.36. The molecule has 0 saturated heterocycles. The number of carboxylic acids is 1. The minimum Gasteiger partial charge on any atom is -0.480 e. The molecule has 9 heteroatoms. The molecule has 140 valence electrons. The third kappa shape index (κ3) is 4.68. The van der Waals surface area contributed by atoms with Gasteiger partial charge in [-0.25, -0.2) is 0 Å². The van der Waals surface area contributed by atoms with Crippen LogP contribution in [0.4, 0.5) is 5.69 Å². The Hall–Kier alpha value is -1.93. The summed E-state index contributed by atoms with van der Waals surface area (Å²) < 4.78 is 2.54. The molecule has 0 bridgehead atoms. The molecule has 0 atom stereocenters. The normalized spacial score (nSPS) is 10.8. The summed E-state index contributed by atoms with van der Waals surface area (Å²) in [6.07, 6.45) is 0. The summed E-state index contributed by atoms with van der Waals surface area (Å²) in [6, 6.07) is 10.6. The first-order chi connectivity index (χ1) is 12.9. The van der Waals surface area contributed by atoms with Gasteiger partial charge in [0.15, 0.2) is 0 Å². The largest absolute Gasteiger partial charge is 0.480 e. The van der Waals surface area contributed by atoms with E-state index in [9.17, 15) is 14.7 Å². The second kappa shape index (κ2) is 8.39. The molecule has 3 aromatic rings. The van der Waals surface area contributed by atoms with E-state index in [0.717, 1.165) is 15.0 Å². The van der Waals surface area contributed by atoms with Gasteiger partial charge in [-0.2, -0.15) is 0 Å². The number of nitrogens with one attached hydrogen (secondary N) is 1. The summed E-state index contributed by atoms with van der Waals surface area (Å²) in [5.41, 5.74) is 1.31. The molecule has 3 rings (SSSR count). The maximum Gasteiger partial charge on any atom is 0.324 e. The second-order valence-corrected chi connectivity index (χ2v) is 8.41. The molecular weight excluding hydrogens is 427 g/mol. The number of amides is 1. The maximum atomic E-state index is 11.9. The van der Waals surface area contributed by atoms with Crippen LogP contribution >= 0.6 is 46.5 Å². The standard InChI is InChI=1S/C18H14Cl2N2O3S2/c1-21-18(25)15-9-26-16-7-12(2-3-14(15)16)22(8-17(23)24)27-13-5-10(19)4-11(20)6-13/h2-7,9H,8H2,1H3,(H,21,25)(H,23,24). The molecule has 2 N–H and O–H groups in total. The van der Waals surface area contributed by atoms with Crippen LogP contribution in [0.5, 0.6) is 0 Å². The average molecular weight is 441 g/mol. The number of thiophene rings is 1. The van der Waals surface area contributed by atoms with Crippen molar-refractivity contribution in [2.24, 2.45) is 0 Å². The average Bonchev–Trinajstić information content (AvgIpc) is 3.02. The van der Waals surface area contributed by atoms with Crippen LogP contribution in [0.3, 0.4) is 0 Å². The maximum absolute atomic E-state index is 11.9. The fourth-order valence-electron chi connectivity index (χ4n) is 2.49. The van der Waals surface area contributed by atoms with Gasteiger partial charge >= 0.3 is 5.97 Å². The van der Waals surface area contributed by atoms with E-state index < -0.39 is 5.97 Å². The zero-order valence-corrected chi connectivity index (χ0v) is 17.2. The number of rotatable bonds is 6. The van der Waals surface area contributed by atoms with Gasteiger partial charge in [0.2, 0.25) is 0 Å². The van der Waals surface area contributed by atoms with E-state index in [4.69, 9.17) is 23.2 Å². The molecule has 0 unspecified atom stereocenters. The monoisotopic (exact) mass is 440 g/mol. The smallest absolute Gasteiger partial charge is 0.324 e. The first-order valence-corrected chi connectivity index (χ1v) is 10.1. The van der Waals surface area contributed by atoms with Crippen molar-refractivity contribution >= 4 is 74.1 Å². The molecule has 1 aromatic heterocycles. The zero-order chi connectivity index (χ0) is 19.6. The highest BCUT2D eigenvalue weighted by atomic mass is 35.5. The van der Waals surface area contributed by atoms with Crippen LogP contribution < -0.4 is 9.62 Å². The number of carbonyl (C=O) groups excluding carboxylic acids is 1. The fraction of sp³-hybridized carbons (Fsp3) is 0.111. The summed E-state index contributed by atoms with van der Waals surface area (Å²) in [7, 11) is 1.58. The topological polar surface area (TPSA) is 69.6 Å². The third-order valence-electron chi connectivity index (χ3n) is 3.65. The van der Waals surface area contributed by atoms with E-state index in [1.165, 1.54) is 23.3 Å². The lowest BCUT2D eigenvalue weighted by atomic mass is 10.1. The number of hydrogen-bond donors (Lipinski definition) is 2. The highest BCUT2D eigenvalue weighted by molar-refractivity contribution is 8.00. The molecule has 0 aliphatic heterocycles. The van der Waals surface area contributed by atoms with E-state index in [2.05, 4.69) is 5.32 Å². The number of hydrogen-bond acceptors (Lipinski definition) is 5. The molecule has 2 aromatic carbocycles. The Morgan fingerprint density at radius 2 is 1.89 bits per heavy atom. The number of anilines is 1. The zero-order valence-electron chi connectivity index (χ0n) is 14.0. The van der Waals surface area contributed by atoms with Gasteiger partial charge in [0, 0.05) is 43.1 Å². The van der Waals surface area contributed by atoms with Crippen molar-refractivity contribution in [2.45, 2.75) is 4.90 Å². The van der Waals surface area contributed by atoms with Crippen molar-refractivity contribution in [3.05, 3.63) is 57.4 Å². The first kappa shape index (κ1) is 19.8. The highest BCUT2D eigenvalue weighted by Gasteiger charge is 2.17. The van der Waals surface area contributed by atoms with Gasteiger partial charge in [-0.3, -0.25) is 9.59 Å². The molecule has 0 fully saturated rings. The Morgan fingerprint density at radius 3 is 2.52 bits per heavy atom. The number of carbonyl (C=O) groups is 2. The molecule has 5 nitrogen and oxygen atoms in total. The summed E-state index contributed by atoms with van der Waals surface area (Å²) >= 11 is 14.7. The lowest BCUT2D eigenvalue weighted by Gasteiger charge is -2.21. The predicted molar refractivity (Wildman–Crippen MR) is 113 cm³/mol. The Labute approximate surface area is 174 Å². The quantitative estimate of drug-likeness (QED) is 0.517. The number of aliphatic carboxylic acids is 1. The van der Waals surface area contributed by atoms with Gasteiger partial charge in [0.05, 0.1) is 5.56 Å². The lowest BCUT2D eigenvalue weighted by Crippen LogP contribution is -2.22. The van der Waals surface area contributed by atoms with Crippen molar-refractivity contribution in [2.75, 3.05) is 17.9 Å². The van der Waals surface area contributed by atoms with Crippen molar-refractivity contribution in [3.8, 4) is 0 Å². The number of benzene rings is 2. The number of halogens is 2. The first-order valence-electron chi connectivity index (χ1n) is 7.74. The molecule has 1 heterocycles. The minimum absolute atomic E-state index is 0.153. The van der Waals surface area contributed by atoms with E-state index in [1.807, 2.05) is 12.1 Å². The number of fused-ring (bicyclic) bond motifs is 1. The second-order valence-electron chi connectivity index (χ2n) is 5.54. The molecule has 0 radical (unpaired) electrons. The van der Waals surface area contributed by atoms with Crippen LogP contribution in [0.2, 0.25) is 10.0 Å². The van der Waals surface area contributed by atoms with E-state index >= 15 is 0 Å². The minimum atomic E-state index is -0.965. The molecular formula is C18H14Cl2N2O3S2. The summed E-state index contributed by atoms with van der Waals surface area (Å²) in [6.45, 7) is -0.214. The van der Waals surface area contributed by atoms with E-state index in [0.29, 0.717) is 21.3 Å². The summed E-state index contributed by atoms with van der Waals surface area (Å²) in [5, 5.41) is 15.5. The van der Waals surface area contributed by atoms with Crippen LogP contribution in [0.25, 0.3) is 10.1 Å². The molecule has 0 aliphatic rings.